The van der Waals surface area contributed by atoms with Gasteiger partial charge in [0.15, 0.2) is 6.29 Å². The molecule has 0 unspecified atom stereocenters. The summed E-state index contributed by atoms with van der Waals surface area (Å²) in [5.74, 6) is 0.0230. The average Bonchev–Trinajstić information content (AvgIpc) is 3.74. The van der Waals surface area contributed by atoms with Crippen LogP contribution in [-0.4, -0.2) is 97.3 Å². The van der Waals surface area contributed by atoms with Crippen molar-refractivity contribution >= 4 is 12.0 Å². The van der Waals surface area contributed by atoms with E-state index < -0.39 is 30.2 Å². The van der Waals surface area contributed by atoms with Crippen LogP contribution >= 0.6 is 0 Å². The lowest BCUT2D eigenvalue weighted by Crippen LogP contribution is -2.50. The lowest BCUT2D eigenvalue weighted by atomic mass is 9.88. The third kappa shape index (κ3) is 8.64. The zero-order chi connectivity index (χ0) is 29.6. The molecule has 4 aliphatic heterocycles. The van der Waals surface area contributed by atoms with Gasteiger partial charge in [-0.2, -0.15) is 0 Å². The fourth-order valence-electron chi connectivity index (χ4n) is 5.80. The summed E-state index contributed by atoms with van der Waals surface area (Å²) < 4.78 is 28.5. The molecule has 0 aromatic heterocycles. The first kappa shape index (κ1) is 31.7. The number of likely N-dealkylation sites (tertiary alicyclic amines) is 1. The summed E-state index contributed by atoms with van der Waals surface area (Å²) >= 11 is 0. The Morgan fingerprint density at radius 2 is 1.90 bits per heavy atom. The molecule has 2 amide bonds. The van der Waals surface area contributed by atoms with Crippen LogP contribution in [0.5, 0.6) is 0 Å². The minimum Gasteiger partial charge on any atom is -0.442 e. The van der Waals surface area contributed by atoms with Crippen molar-refractivity contribution in [3.8, 4) is 0 Å². The lowest BCUT2D eigenvalue weighted by molar-refractivity contribution is -0.219. The fraction of sp³-hybridized carbons (Fsp3) is 0.742. The summed E-state index contributed by atoms with van der Waals surface area (Å²) in [7, 11) is 1.60. The smallest absolute Gasteiger partial charge is 0.410 e. The first-order chi connectivity index (χ1) is 19.6. The van der Waals surface area contributed by atoms with Gasteiger partial charge in [-0.15, -0.1) is 0 Å². The summed E-state index contributed by atoms with van der Waals surface area (Å²) in [6, 6.07) is -0.106. The van der Waals surface area contributed by atoms with Gasteiger partial charge in [0, 0.05) is 32.7 Å². The molecule has 230 valence electrons. The van der Waals surface area contributed by atoms with Gasteiger partial charge in [-0.3, -0.25) is 4.79 Å². The second-order valence-corrected chi connectivity index (χ2v) is 12.0. The molecule has 4 rings (SSSR count). The van der Waals surface area contributed by atoms with E-state index in [4.69, 9.17) is 23.7 Å². The minimum atomic E-state index is -0.722. The second kappa shape index (κ2) is 14.3. The molecule has 4 heterocycles. The number of amides is 2. The van der Waals surface area contributed by atoms with Gasteiger partial charge in [0.1, 0.15) is 23.9 Å². The van der Waals surface area contributed by atoms with Crippen LogP contribution in [0.3, 0.4) is 0 Å². The van der Waals surface area contributed by atoms with Gasteiger partial charge in [0.05, 0.1) is 24.9 Å². The molecule has 0 saturated carbocycles. The number of hydrogen-bond acceptors (Lipinski definition) is 8. The molecule has 41 heavy (non-hydrogen) atoms. The van der Waals surface area contributed by atoms with E-state index in [-0.39, 0.29) is 36.2 Å². The van der Waals surface area contributed by atoms with Crippen molar-refractivity contribution in [3.63, 3.8) is 0 Å². The highest BCUT2D eigenvalue weighted by Crippen LogP contribution is 2.42. The van der Waals surface area contributed by atoms with Crippen molar-refractivity contribution < 1.29 is 38.4 Å². The third-order valence-electron chi connectivity index (χ3n) is 8.63. The Morgan fingerprint density at radius 1 is 1.17 bits per heavy atom. The van der Waals surface area contributed by atoms with Crippen molar-refractivity contribution in [2.24, 2.45) is 5.92 Å². The Labute approximate surface area is 244 Å². The molecule has 4 saturated heterocycles. The fourth-order valence-corrected chi connectivity index (χ4v) is 5.80. The number of piperidine rings is 1. The number of epoxide rings is 1. The Morgan fingerprint density at radius 3 is 2.59 bits per heavy atom. The lowest BCUT2D eigenvalue weighted by Gasteiger charge is -2.39. The first-order valence-electron chi connectivity index (χ1n) is 15.0. The number of aliphatic hydroxyl groups is 1. The van der Waals surface area contributed by atoms with Crippen molar-refractivity contribution in [2.75, 3.05) is 26.8 Å². The summed E-state index contributed by atoms with van der Waals surface area (Å²) in [5, 5.41) is 13.7. The maximum atomic E-state index is 12.6. The Hall–Kier alpha value is -2.24. The van der Waals surface area contributed by atoms with Crippen LogP contribution in [-0.2, 0) is 28.5 Å². The second-order valence-electron chi connectivity index (χ2n) is 12.0. The first-order valence-corrected chi connectivity index (χ1v) is 15.0. The third-order valence-corrected chi connectivity index (χ3v) is 8.63. The topological polar surface area (TPSA) is 119 Å². The monoisotopic (exact) mass is 576 g/mol. The zero-order valence-electron chi connectivity index (χ0n) is 25.1. The van der Waals surface area contributed by atoms with Crippen LogP contribution in [0.2, 0.25) is 0 Å². The molecular formula is C31H48N2O8. The van der Waals surface area contributed by atoms with E-state index in [9.17, 15) is 14.7 Å². The van der Waals surface area contributed by atoms with E-state index in [1.165, 1.54) is 6.08 Å². The van der Waals surface area contributed by atoms with Crippen LogP contribution in [0.4, 0.5) is 4.79 Å². The van der Waals surface area contributed by atoms with Gasteiger partial charge in [-0.05, 0) is 64.9 Å². The molecule has 4 fully saturated rings. The SMILES string of the molecule is CO[C@@H]1C[C@@]2(CO2)[C@H](O)[C@@H](/C=C/C(C)=C/C[C@@H]2O[C@H](C)[C@H](NC(=O)/C=C\[C@H](C)OC(=O)N3CCCCC3)C[C@@H]2C)O1. The van der Waals surface area contributed by atoms with Crippen molar-refractivity contribution in [2.45, 2.75) is 115 Å². The van der Waals surface area contributed by atoms with E-state index in [1.807, 2.05) is 26.0 Å². The number of nitrogens with zero attached hydrogens (tertiary/aromatic N) is 1. The van der Waals surface area contributed by atoms with Gasteiger partial charge in [-0.25, -0.2) is 4.79 Å². The van der Waals surface area contributed by atoms with Crippen LogP contribution in [0, 0.1) is 5.92 Å². The number of rotatable bonds is 9. The summed E-state index contributed by atoms with van der Waals surface area (Å²) in [5.41, 5.74) is 0.498. The Kier molecular flexibility index (Phi) is 11.0. The molecule has 0 aliphatic carbocycles. The van der Waals surface area contributed by atoms with E-state index in [0.29, 0.717) is 13.0 Å². The number of nitrogens with one attached hydrogen (secondary N) is 1. The molecule has 10 heteroatoms. The molecule has 2 N–H and O–H groups in total. The van der Waals surface area contributed by atoms with Gasteiger partial charge in [0.2, 0.25) is 5.91 Å². The molecule has 10 nitrogen and oxygen atoms in total. The van der Waals surface area contributed by atoms with Gasteiger partial charge in [-0.1, -0.05) is 30.7 Å². The highest BCUT2D eigenvalue weighted by atomic mass is 16.7. The molecule has 0 radical (unpaired) electrons. The number of methoxy groups -OCH3 is 1. The molecule has 9 atom stereocenters. The largest absolute Gasteiger partial charge is 0.442 e. The Balaban J connectivity index is 1.20. The summed E-state index contributed by atoms with van der Waals surface area (Å²) in [6.07, 6.45) is 11.7. The molecule has 4 aliphatic rings. The minimum absolute atomic E-state index is 0.0313. The van der Waals surface area contributed by atoms with E-state index >= 15 is 0 Å². The summed E-state index contributed by atoms with van der Waals surface area (Å²) in [4.78, 5) is 26.6. The van der Waals surface area contributed by atoms with Crippen molar-refractivity contribution in [1.82, 2.24) is 10.2 Å². The number of hydrogen-bond donors (Lipinski definition) is 2. The summed E-state index contributed by atoms with van der Waals surface area (Å²) in [6.45, 7) is 9.87. The maximum absolute atomic E-state index is 12.6. The quantitative estimate of drug-likeness (QED) is 0.243. The number of ether oxygens (including phenoxy) is 5. The maximum Gasteiger partial charge on any atom is 0.410 e. The molecular weight excluding hydrogens is 528 g/mol. The highest BCUT2D eigenvalue weighted by molar-refractivity contribution is 5.87. The van der Waals surface area contributed by atoms with Crippen LogP contribution in [0.1, 0.15) is 66.2 Å². The number of allylic oxidation sites excluding steroid dienone is 2. The van der Waals surface area contributed by atoms with Gasteiger partial charge in [0.25, 0.3) is 0 Å². The Bertz CT molecular complexity index is 987. The molecule has 1 spiro atoms. The normalized spacial score (nSPS) is 37.0. The standard InChI is InChI=1S/C31H48N2O8/c1-20(10-13-26-29(35)31(19-38-31)18-28(37-5)41-26)9-12-25-21(2)17-24(23(4)40-25)32-27(34)14-11-22(3)39-30(36)33-15-7-6-8-16-33/h9-11,13-14,21-26,28-29,35H,6-8,12,15-19H2,1-5H3,(H,32,34)/b13-10+,14-11-,20-9+/t21-,22-,23+,24+,25-,26+,28-,29+,31+/m0/s1. The zero-order valence-corrected chi connectivity index (χ0v) is 25.1. The van der Waals surface area contributed by atoms with E-state index in [1.54, 1.807) is 25.0 Å². The molecule has 0 aromatic carbocycles. The van der Waals surface area contributed by atoms with Gasteiger partial charge >= 0.3 is 6.09 Å². The van der Waals surface area contributed by atoms with Crippen LogP contribution < -0.4 is 5.32 Å². The van der Waals surface area contributed by atoms with Crippen LogP contribution in [0.25, 0.3) is 0 Å². The number of carbonyl (C=O) groups excluding carboxylic acids is 2. The van der Waals surface area contributed by atoms with Crippen molar-refractivity contribution in [1.29, 1.82) is 0 Å². The van der Waals surface area contributed by atoms with E-state index in [0.717, 1.165) is 50.8 Å². The average molecular weight is 577 g/mol. The highest BCUT2D eigenvalue weighted by Gasteiger charge is 2.58. The molecule has 0 bridgehead atoms. The van der Waals surface area contributed by atoms with Crippen molar-refractivity contribution in [3.05, 3.63) is 36.0 Å². The van der Waals surface area contributed by atoms with E-state index in [2.05, 4.69) is 18.3 Å². The predicted octanol–water partition coefficient (Wildman–Crippen LogP) is 3.64. The number of aliphatic hydroxyl groups excluding tert-OH is 1. The van der Waals surface area contributed by atoms with Gasteiger partial charge < -0.3 is 39.0 Å². The van der Waals surface area contributed by atoms with Crippen LogP contribution in [0.15, 0.2) is 36.0 Å². The number of carbonyl (C=O) groups is 2. The predicted molar refractivity (Wildman–Crippen MR) is 153 cm³/mol. The molecule has 0 aromatic rings.